The average molecular weight is 406 g/mol. The molecule has 3 rings (SSSR count). The Morgan fingerprint density at radius 1 is 1.21 bits per heavy atom. The Morgan fingerprint density at radius 2 is 1.93 bits per heavy atom. The van der Waals surface area contributed by atoms with E-state index in [-0.39, 0.29) is 18.0 Å². The van der Waals surface area contributed by atoms with Crippen molar-refractivity contribution >= 4 is 22.7 Å². The molecule has 7 heteroatoms. The van der Waals surface area contributed by atoms with Gasteiger partial charge in [-0.05, 0) is 32.9 Å². The van der Waals surface area contributed by atoms with Crippen molar-refractivity contribution in [3.8, 4) is 0 Å². The van der Waals surface area contributed by atoms with Gasteiger partial charge in [0.25, 0.3) is 0 Å². The van der Waals surface area contributed by atoms with Crippen molar-refractivity contribution in [1.82, 2.24) is 9.88 Å². The molecule has 0 bridgehead atoms. The summed E-state index contributed by atoms with van der Waals surface area (Å²) < 4.78 is 25.0. The molecule has 2 heterocycles. The van der Waals surface area contributed by atoms with Crippen molar-refractivity contribution in [2.45, 2.75) is 46.3 Å². The van der Waals surface area contributed by atoms with Gasteiger partial charge in [0, 0.05) is 43.7 Å². The number of ether oxygens (including phenoxy) is 2. The number of rotatable bonds is 3. The molecule has 29 heavy (non-hydrogen) atoms. The van der Waals surface area contributed by atoms with E-state index in [0.717, 1.165) is 5.39 Å². The maximum atomic E-state index is 14.2. The lowest BCUT2D eigenvalue weighted by Gasteiger charge is -2.42. The van der Waals surface area contributed by atoms with E-state index < -0.39 is 5.60 Å². The molecule has 1 aliphatic rings. The smallest absolute Gasteiger partial charge is 0.410 e. The van der Waals surface area contributed by atoms with Crippen LogP contribution in [0.1, 0.15) is 34.6 Å². The van der Waals surface area contributed by atoms with E-state index in [1.54, 1.807) is 30.3 Å². The van der Waals surface area contributed by atoms with Crippen LogP contribution in [0.3, 0.4) is 0 Å². The average Bonchev–Trinajstić information content (AvgIpc) is 2.68. The third kappa shape index (κ3) is 5.56. The van der Waals surface area contributed by atoms with Gasteiger partial charge in [-0.25, -0.2) is 14.2 Å². The van der Waals surface area contributed by atoms with Crippen LogP contribution in [0.2, 0.25) is 0 Å². The zero-order valence-electron chi connectivity index (χ0n) is 18.2. The molecule has 6 nitrogen and oxygen atoms in total. The fourth-order valence-corrected chi connectivity index (χ4v) is 3.34. The van der Waals surface area contributed by atoms with Gasteiger partial charge < -0.3 is 19.3 Å². The van der Waals surface area contributed by atoms with E-state index >= 15 is 0 Å². The van der Waals surface area contributed by atoms with Crippen molar-refractivity contribution in [3.63, 3.8) is 0 Å². The van der Waals surface area contributed by atoms with Crippen molar-refractivity contribution in [3.05, 3.63) is 36.3 Å². The fraction of sp³-hybridized carbons (Fsp3) is 0.545. The molecule has 0 radical (unpaired) electrons. The van der Waals surface area contributed by atoms with Gasteiger partial charge in [-0.1, -0.05) is 26.0 Å². The number of methoxy groups -OCH3 is 1. The molecule has 1 atom stereocenters. The number of anilines is 1. The number of fused-ring (bicyclic) bond motifs is 1. The van der Waals surface area contributed by atoms with Gasteiger partial charge in [-0.2, -0.15) is 0 Å². The first-order chi connectivity index (χ1) is 13.8. The standard InChI is InChI=1S/C20H26FN3O3.C2H6/c1-20(2,3)27-19(25)23-10-11-24(14(12-23)13-26-4)18-16-6-5-7-17(21)15(16)8-9-22-18;1-2/h5-9,14H,10-13H2,1-4H3;1-2H3. The summed E-state index contributed by atoms with van der Waals surface area (Å²) in [7, 11) is 1.63. The quantitative estimate of drug-likeness (QED) is 0.754. The monoisotopic (exact) mass is 405 g/mol. The second-order valence-corrected chi connectivity index (χ2v) is 7.70. The Balaban J connectivity index is 0.00000145. The molecule has 1 aromatic heterocycles. The van der Waals surface area contributed by atoms with Crippen LogP contribution in [0, 0.1) is 5.82 Å². The molecule has 1 fully saturated rings. The molecule has 0 saturated carbocycles. The van der Waals surface area contributed by atoms with E-state index in [1.165, 1.54) is 6.07 Å². The van der Waals surface area contributed by atoms with Gasteiger partial charge in [0.05, 0.1) is 12.6 Å². The third-order valence-electron chi connectivity index (χ3n) is 4.50. The van der Waals surface area contributed by atoms with Crippen LogP contribution >= 0.6 is 0 Å². The van der Waals surface area contributed by atoms with Gasteiger partial charge in [0.2, 0.25) is 0 Å². The van der Waals surface area contributed by atoms with Crippen LogP contribution in [-0.2, 0) is 9.47 Å². The first-order valence-electron chi connectivity index (χ1n) is 10.1. The largest absolute Gasteiger partial charge is 0.444 e. The molecule has 1 aliphatic heterocycles. The van der Waals surface area contributed by atoms with E-state index in [0.29, 0.717) is 37.4 Å². The number of carbonyl (C=O) groups excluding carboxylic acids is 1. The zero-order chi connectivity index (χ0) is 21.6. The Labute approximate surface area is 172 Å². The van der Waals surface area contributed by atoms with Crippen molar-refractivity contribution < 1.29 is 18.7 Å². The predicted molar refractivity (Wildman–Crippen MR) is 114 cm³/mol. The first kappa shape index (κ1) is 22.9. The lowest BCUT2D eigenvalue weighted by Crippen LogP contribution is -2.57. The van der Waals surface area contributed by atoms with E-state index in [1.807, 2.05) is 40.7 Å². The number of carbonyl (C=O) groups is 1. The lowest BCUT2D eigenvalue weighted by molar-refractivity contribution is 0.0186. The molecule has 0 spiro atoms. The SMILES string of the molecule is CC.COCC1CN(C(=O)OC(C)(C)C)CCN1c1nccc2c(F)cccc12. The van der Waals surface area contributed by atoms with E-state index in [9.17, 15) is 9.18 Å². The summed E-state index contributed by atoms with van der Waals surface area (Å²) in [6.07, 6.45) is 1.28. The fourth-order valence-electron chi connectivity index (χ4n) is 3.34. The summed E-state index contributed by atoms with van der Waals surface area (Å²) >= 11 is 0. The summed E-state index contributed by atoms with van der Waals surface area (Å²) in [5.74, 6) is 0.435. The van der Waals surface area contributed by atoms with Gasteiger partial charge in [0.1, 0.15) is 17.2 Å². The van der Waals surface area contributed by atoms with Crippen molar-refractivity contribution in [2.24, 2.45) is 0 Å². The van der Waals surface area contributed by atoms with Crippen LogP contribution in [0.5, 0.6) is 0 Å². The van der Waals surface area contributed by atoms with Crippen molar-refractivity contribution in [1.29, 1.82) is 0 Å². The molecular weight excluding hydrogens is 373 g/mol. The highest BCUT2D eigenvalue weighted by Gasteiger charge is 2.33. The highest BCUT2D eigenvalue weighted by atomic mass is 19.1. The summed E-state index contributed by atoms with van der Waals surface area (Å²) in [5, 5.41) is 1.29. The molecule has 2 aromatic rings. The molecule has 0 N–H and O–H groups in total. The number of halogens is 1. The number of hydrogen-bond donors (Lipinski definition) is 0. The number of hydrogen-bond acceptors (Lipinski definition) is 5. The lowest BCUT2D eigenvalue weighted by atomic mass is 10.1. The van der Waals surface area contributed by atoms with E-state index in [4.69, 9.17) is 9.47 Å². The Morgan fingerprint density at radius 3 is 2.59 bits per heavy atom. The van der Waals surface area contributed by atoms with Crippen LogP contribution in [0.25, 0.3) is 10.8 Å². The normalized spacial score (nSPS) is 17.0. The zero-order valence-corrected chi connectivity index (χ0v) is 18.2. The number of nitrogens with zero attached hydrogens (tertiary/aromatic N) is 3. The Bertz CT molecular complexity index is 823. The Hall–Kier alpha value is -2.41. The topological polar surface area (TPSA) is 54.9 Å². The number of aromatic nitrogens is 1. The number of benzene rings is 1. The van der Waals surface area contributed by atoms with Crippen LogP contribution < -0.4 is 4.90 Å². The summed E-state index contributed by atoms with van der Waals surface area (Å²) in [4.78, 5) is 20.7. The maximum absolute atomic E-state index is 14.2. The minimum Gasteiger partial charge on any atom is -0.444 e. The number of pyridine rings is 1. The second kappa shape index (κ2) is 9.87. The molecule has 1 aromatic carbocycles. The highest BCUT2D eigenvalue weighted by molar-refractivity contribution is 5.92. The van der Waals surface area contributed by atoms with Crippen LogP contribution in [0.15, 0.2) is 30.5 Å². The minimum absolute atomic E-state index is 0.0994. The molecule has 1 unspecified atom stereocenters. The molecular formula is C22H32FN3O3. The highest BCUT2D eigenvalue weighted by Crippen LogP contribution is 2.29. The molecule has 1 saturated heterocycles. The van der Waals surface area contributed by atoms with Gasteiger partial charge in [-0.3, -0.25) is 0 Å². The van der Waals surface area contributed by atoms with Crippen LogP contribution in [-0.4, -0.2) is 61.0 Å². The predicted octanol–water partition coefficient (Wildman–Crippen LogP) is 4.47. The molecule has 160 valence electrons. The van der Waals surface area contributed by atoms with E-state index in [2.05, 4.69) is 9.88 Å². The number of amides is 1. The van der Waals surface area contributed by atoms with Crippen molar-refractivity contribution in [2.75, 3.05) is 38.3 Å². The van der Waals surface area contributed by atoms with Crippen LogP contribution in [0.4, 0.5) is 15.0 Å². The van der Waals surface area contributed by atoms with Gasteiger partial charge in [0.15, 0.2) is 0 Å². The second-order valence-electron chi connectivity index (χ2n) is 7.70. The first-order valence-corrected chi connectivity index (χ1v) is 10.1. The summed E-state index contributed by atoms with van der Waals surface area (Å²) in [5.41, 5.74) is -0.542. The summed E-state index contributed by atoms with van der Waals surface area (Å²) in [6, 6.07) is 6.57. The number of piperazine rings is 1. The van der Waals surface area contributed by atoms with Gasteiger partial charge in [-0.15, -0.1) is 0 Å². The third-order valence-corrected chi connectivity index (χ3v) is 4.50. The summed E-state index contributed by atoms with van der Waals surface area (Å²) in [6.45, 7) is 11.5. The van der Waals surface area contributed by atoms with Gasteiger partial charge >= 0.3 is 6.09 Å². The minimum atomic E-state index is -0.542. The molecule has 1 amide bonds. The molecule has 0 aliphatic carbocycles. The Kier molecular flexibility index (Phi) is 7.79. The maximum Gasteiger partial charge on any atom is 0.410 e.